The van der Waals surface area contributed by atoms with Crippen molar-refractivity contribution < 1.29 is 14.1 Å². The number of hydrogen-bond acceptors (Lipinski definition) is 6. The van der Waals surface area contributed by atoms with Crippen LogP contribution >= 0.6 is 0 Å². The third kappa shape index (κ3) is 4.83. The molecule has 4 rings (SSSR count). The number of piperazine rings is 1. The Balaban J connectivity index is 1.44. The van der Waals surface area contributed by atoms with Gasteiger partial charge in [0.25, 0.3) is 11.6 Å². The highest BCUT2D eigenvalue weighted by Crippen LogP contribution is 2.30. The fraction of sp³-hybridized carbons (Fsp3) is 0.217. The Morgan fingerprint density at radius 2 is 1.75 bits per heavy atom. The zero-order chi connectivity index (χ0) is 22.5. The molecule has 1 amide bonds. The van der Waals surface area contributed by atoms with Gasteiger partial charge in [-0.1, -0.05) is 18.2 Å². The van der Waals surface area contributed by atoms with E-state index in [-0.39, 0.29) is 23.6 Å². The number of pyridine rings is 1. The van der Waals surface area contributed by atoms with E-state index in [2.05, 4.69) is 15.2 Å². The Morgan fingerprint density at radius 1 is 1.03 bits per heavy atom. The molecule has 0 bridgehead atoms. The van der Waals surface area contributed by atoms with Crippen molar-refractivity contribution in [3.8, 4) is 0 Å². The van der Waals surface area contributed by atoms with Crippen LogP contribution in [-0.2, 0) is 6.54 Å². The van der Waals surface area contributed by atoms with Gasteiger partial charge in [-0.15, -0.1) is 0 Å². The highest BCUT2D eigenvalue weighted by Gasteiger charge is 2.25. The third-order valence-electron chi connectivity index (χ3n) is 5.39. The van der Waals surface area contributed by atoms with Crippen molar-refractivity contribution in [2.24, 2.45) is 0 Å². The number of rotatable bonds is 6. The van der Waals surface area contributed by atoms with E-state index >= 15 is 0 Å². The predicted octanol–water partition coefficient (Wildman–Crippen LogP) is 3.39. The lowest BCUT2D eigenvalue weighted by Gasteiger charge is -2.36. The Labute approximate surface area is 184 Å². The van der Waals surface area contributed by atoms with Crippen LogP contribution in [0.1, 0.15) is 15.9 Å². The van der Waals surface area contributed by atoms with Gasteiger partial charge in [-0.2, -0.15) is 0 Å². The number of benzene rings is 2. The summed E-state index contributed by atoms with van der Waals surface area (Å²) >= 11 is 0. The number of amides is 1. The fourth-order valence-electron chi connectivity index (χ4n) is 3.68. The van der Waals surface area contributed by atoms with Gasteiger partial charge < -0.3 is 15.1 Å². The van der Waals surface area contributed by atoms with E-state index in [0.717, 1.165) is 11.4 Å². The Morgan fingerprint density at radius 3 is 2.41 bits per heavy atom. The molecule has 0 spiro atoms. The number of halogens is 1. The molecule has 1 aromatic heterocycles. The summed E-state index contributed by atoms with van der Waals surface area (Å²) in [5.74, 6) is 0.103. The van der Waals surface area contributed by atoms with Gasteiger partial charge >= 0.3 is 0 Å². The van der Waals surface area contributed by atoms with Gasteiger partial charge in [0.05, 0.1) is 4.92 Å². The average molecular weight is 435 g/mol. The van der Waals surface area contributed by atoms with Crippen molar-refractivity contribution in [1.82, 2.24) is 10.3 Å². The molecule has 1 aliphatic heterocycles. The minimum Gasteiger partial charge on any atom is -0.362 e. The van der Waals surface area contributed by atoms with Crippen LogP contribution in [0.25, 0.3) is 0 Å². The van der Waals surface area contributed by atoms with Gasteiger partial charge in [0, 0.05) is 50.6 Å². The second-order valence-electron chi connectivity index (χ2n) is 7.43. The lowest BCUT2D eigenvalue weighted by atomic mass is 10.1. The van der Waals surface area contributed by atoms with Crippen LogP contribution in [0.3, 0.4) is 0 Å². The number of nitro benzene ring substituents is 1. The molecule has 8 nitrogen and oxygen atoms in total. The average Bonchev–Trinajstić information content (AvgIpc) is 2.84. The Hall–Kier alpha value is -4.01. The summed E-state index contributed by atoms with van der Waals surface area (Å²) in [7, 11) is 0. The molecule has 0 aliphatic carbocycles. The molecule has 1 aliphatic rings. The summed E-state index contributed by atoms with van der Waals surface area (Å²) in [5.41, 5.74) is 1.32. The smallest absolute Gasteiger partial charge is 0.293 e. The van der Waals surface area contributed by atoms with E-state index in [1.165, 1.54) is 18.2 Å². The largest absolute Gasteiger partial charge is 0.362 e. The molecule has 0 atom stereocenters. The van der Waals surface area contributed by atoms with Gasteiger partial charge in [0.2, 0.25) is 0 Å². The summed E-state index contributed by atoms with van der Waals surface area (Å²) in [5, 5.41) is 14.4. The summed E-state index contributed by atoms with van der Waals surface area (Å²) in [6.45, 7) is 2.79. The number of nitro groups is 1. The first kappa shape index (κ1) is 21.2. The van der Waals surface area contributed by atoms with Crippen molar-refractivity contribution in [2.45, 2.75) is 6.54 Å². The SMILES string of the molecule is O=C(NCc1ccc(F)cc1)c1ccc(N2CCN(c3ccccn3)CC2)c([N+](=O)[O-])c1. The second-order valence-corrected chi connectivity index (χ2v) is 7.43. The third-order valence-corrected chi connectivity index (χ3v) is 5.39. The van der Waals surface area contributed by atoms with Crippen LogP contribution in [0.4, 0.5) is 21.6 Å². The maximum absolute atomic E-state index is 13.0. The number of carbonyl (C=O) groups is 1. The molecule has 164 valence electrons. The van der Waals surface area contributed by atoms with Crippen LogP contribution in [0.15, 0.2) is 66.9 Å². The molecule has 32 heavy (non-hydrogen) atoms. The first-order valence-electron chi connectivity index (χ1n) is 10.2. The second kappa shape index (κ2) is 9.42. The molecule has 0 radical (unpaired) electrons. The molecule has 9 heteroatoms. The molecule has 0 saturated carbocycles. The molecule has 1 fully saturated rings. The van der Waals surface area contributed by atoms with E-state index in [9.17, 15) is 19.3 Å². The van der Waals surface area contributed by atoms with Crippen molar-refractivity contribution in [1.29, 1.82) is 0 Å². The maximum atomic E-state index is 13.0. The normalized spacial score (nSPS) is 13.7. The van der Waals surface area contributed by atoms with Crippen LogP contribution in [0.2, 0.25) is 0 Å². The van der Waals surface area contributed by atoms with Crippen molar-refractivity contribution in [3.63, 3.8) is 0 Å². The highest BCUT2D eigenvalue weighted by atomic mass is 19.1. The molecular formula is C23H22FN5O3. The van der Waals surface area contributed by atoms with Gasteiger partial charge in [-0.3, -0.25) is 14.9 Å². The van der Waals surface area contributed by atoms with Crippen molar-refractivity contribution >= 4 is 23.1 Å². The summed E-state index contributed by atoms with van der Waals surface area (Å²) in [6.07, 6.45) is 1.74. The van der Waals surface area contributed by atoms with Crippen LogP contribution in [0.5, 0.6) is 0 Å². The number of nitrogens with zero attached hydrogens (tertiary/aromatic N) is 4. The minimum atomic E-state index is -0.461. The molecule has 0 unspecified atom stereocenters. The Kier molecular flexibility index (Phi) is 6.25. The quantitative estimate of drug-likeness (QED) is 0.471. The minimum absolute atomic E-state index is 0.106. The zero-order valence-electron chi connectivity index (χ0n) is 17.3. The molecule has 1 saturated heterocycles. The first-order valence-corrected chi connectivity index (χ1v) is 10.2. The van der Waals surface area contributed by atoms with Gasteiger partial charge in [0.15, 0.2) is 0 Å². The number of anilines is 2. The lowest BCUT2D eigenvalue weighted by Crippen LogP contribution is -2.47. The summed E-state index contributed by atoms with van der Waals surface area (Å²) < 4.78 is 13.0. The molecule has 2 heterocycles. The molecule has 2 aromatic carbocycles. The van der Waals surface area contributed by atoms with Crippen LogP contribution in [-0.4, -0.2) is 42.0 Å². The maximum Gasteiger partial charge on any atom is 0.293 e. The van der Waals surface area contributed by atoms with E-state index in [4.69, 9.17) is 0 Å². The van der Waals surface area contributed by atoms with E-state index in [1.807, 2.05) is 23.1 Å². The van der Waals surface area contributed by atoms with E-state index < -0.39 is 10.8 Å². The van der Waals surface area contributed by atoms with Crippen molar-refractivity contribution in [2.75, 3.05) is 36.0 Å². The predicted molar refractivity (Wildman–Crippen MR) is 119 cm³/mol. The number of carbonyl (C=O) groups excluding carboxylic acids is 1. The van der Waals surface area contributed by atoms with Gasteiger partial charge in [0.1, 0.15) is 17.3 Å². The fourth-order valence-corrected chi connectivity index (χ4v) is 3.68. The standard InChI is InChI=1S/C23H22FN5O3/c24-19-7-4-17(5-8-19)16-26-23(30)18-6-9-20(21(15-18)29(31)32)27-11-13-28(14-12-27)22-3-1-2-10-25-22/h1-10,15H,11-14,16H2,(H,26,30). The van der Waals surface area contributed by atoms with Gasteiger partial charge in [-0.05, 0) is 42.0 Å². The van der Waals surface area contributed by atoms with E-state index in [0.29, 0.717) is 31.9 Å². The van der Waals surface area contributed by atoms with Gasteiger partial charge in [-0.25, -0.2) is 9.37 Å². The molecule has 1 N–H and O–H groups in total. The molecule has 3 aromatic rings. The van der Waals surface area contributed by atoms with E-state index in [1.54, 1.807) is 30.5 Å². The monoisotopic (exact) mass is 435 g/mol. The lowest BCUT2D eigenvalue weighted by molar-refractivity contribution is -0.384. The summed E-state index contributed by atoms with van der Waals surface area (Å²) in [4.78, 5) is 32.2. The van der Waals surface area contributed by atoms with Crippen LogP contribution < -0.4 is 15.1 Å². The number of aromatic nitrogens is 1. The molecular weight excluding hydrogens is 413 g/mol. The number of hydrogen-bond donors (Lipinski definition) is 1. The van der Waals surface area contributed by atoms with Crippen molar-refractivity contribution in [3.05, 3.63) is 93.9 Å². The Bertz CT molecular complexity index is 1100. The highest BCUT2D eigenvalue weighted by molar-refractivity contribution is 5.95. The topological polar surface area (TPSA) is 91.6 Å². The first-order chi connectivity index (χ1) is 15.5. The number of nitrogens with one attached hydrogen (secondary N) is 1. The zero-order valence-corrected chi connectivity index (χ0v) is 17.3. The van der Waals surface area contributed by atoms with Crippen LogP contribution in [0, 0.1) is 15.9 Å². The summed E-state index contributed by atoms with van der Waals surface area (Å²) in [6, 6.07) is 16.0.